The molecule has 14 unspecified atom stereocenters. The molecule has 14 atom stereocenters. The number of carbonyl (C=O) groups is 4. The Bertz CT molecular complexity index is 1090. The van der Waals surface area contributed by atoms with E-state index in [2.05, 4.69) is 0 Å². The van der Waals surface area contributed by atoms with Crippen molar-refractivity contribution in [2.75, 3.05) is 0 Å². The van der Waals surface area contributed by atoms with Crippen molar-refractivity contribution < 1.29 is 38.1 Å². The lowest BCUT2D eigenvalue weighted by molar-refractivity contribution is -0.168. The van der Waals surface area contributed by atoms with Gasteiger partial charge in [0.15, 0.2) is 0 Å². The molecule has 7 fully saturated rings. The van der Waals surface area contributed by atoms with Crippen molar-refractivity contribution in [3.05, 3.63) is 0 Å². The van der Waals surface area contributed by atoms with E-state index < -0.39 is 0 Å². The van der Waals surface area contributed by atoms with E-state index in [4.69, 9.17) is 18.9 Å². The van der Waals surface area contributed by atoms with Gasteiger partial charge >= 0.3 is 23.9 Å². The minimum absolute atomic E-state index is 0. The smallest absolute Gasteiger partial charge is 0.309 e. The Balaban J connectivity index is 0.000000551. The van der Waals surface area contributed by atoms with Crippen molar-refractivity contribution in [1.82, 2.24) is 0 Å². The molecule has 1 aliphatic heterocycles. The van der Waals surface area contributed by atoms with Crippen molar-refractivity contribution >= 4 is 23.9 Å². The number of ether oxygens (including phenoxy) is 4. The first-order valence-electron chi connectivity index (χ1n) is 16.7. The van der Waals surface area contributed by atoms with Gasteiger partial charge in [-0.2, -0.15) is 0 Å². The van der Waals surface area contributed by atoms with Crippen LogP contribution in [-0.2, 0) is 38.1 Å². The minimum Gasteiger partial charge on any atom is -0.462 e. The molecule has 8 nitrogen and oxygen atoms in total. The first-order valence-corrected chi connectivity index (χ1v) is 16.7. The van der Waals surface area contributed by atoms with Gasteiger partial charge in [-0.3, -0.25) is 19.2 Å². The standard InChI is InChI=1S/C28H38O6.C6H12O2.4CH4/c1-3-13(27(30)33-24-17-9-18-19(10-17)28(31)34-25(18)24)6-12(2)26(29)32-21-11-16-8-20(21)23-15-5-4-14(7-15)22(16)23;1-5(7)8-6(2,3)4;;;;/h12-25H,3-11H2,1-2H3;1-4H3;4*1H4. The molecule has 0 aromatic rings. The van der Waals surface area contributed by atoms with Crippen molar-refractivity contribution in [2.45, 2.75) is 153 Å². The quantitative estimate of drug-likeness (QED) is 0.155. The van der Waals surface area contributed by atoms with Crippen molar-refractivity contribution in [3.8, 4) is 0 Å². The van der Waals surface area contributed by atoms with Crippen LogP contribution in [0.25, 0.3) is 0 Å². The number of esters is 4. The van der Waals surface area contributed by atoms with E-state index in [0.29, 0.717) is 18.8 Å². The Morgan fingerprint density at radius 2 is 1.46 bits per heavy atom. The summed E-state index contributed by atoms with van der Waals surface area (Å²) in [4.78, 5) is 48.4. The first-order chi connectivity index (χ1) is 19.8. The van der Waals surface area contributed by atoms with Crippen LogP contribution in [0, 0.1) is 65.1 Å². The number of fused-ring (bicyclic) bond motifs is 10. The summed E-state index contributed by atoms with van der Waals surface area (Å²) in [6, 6.07) is 0. The van der Waals surface area contributed by atoms with Gasteiger partial charge in [0.25, 0.3) is 0 Å². The second-order valence-corrected chi connectivity index (χ2v) is 15.6. The molecule has 8 heteroatoms. The molecule has 0 aromatic carbocycles. The molecule has 1 saturated heterocycles. The maximum Gasteiger partial charge on any atom is 0.309 e. The van der Waals surface area contributed by atoms with Gasteiger partial charge in [0.2, 0.25) is 0 Å². The van der Waals surface area contributed by atoms with E-state index in [9.17, 15) is 19.2 Å². The largest absolute Gasteiger partial charge is 0.462 e. The van der Waals surface area contributed by atoms with E-state index in [1.54, 1.807) is 0 Å². The molecular formula is C38H66O8. The van der Waals surface area contributed by atoms with Crippen molar-refractivity contribution in [2.24, 2.45) is 65.1 Å². The van der Waals surface area contributed by atoms with Crippen LogP contribution in [-0.4, -0.2) is 47.8 Å². The third-order valence-electron chi connectivity index (χ3n) is 11.9. The summed E-state index contributed by atoms with van der Waals surface area (Å²) in [6.45, 7) is 10.8. The van der Waals surface area contributed by atoms with Crippen molar-refractivity contribution in [3.63, 3.8) is 0 Å². The third kappa shape index (κ3) is 7.31. The first kappa shape index (κ1) is 40.1. The van der Waals surface area contributed by atoms with E-state index in [1.807, 2.05) is 34.6 Å². The van der Waals surface area contributed by atoms with Gasteiger partial charge in [-0.05, 0) is 114 Å². The molecular weight excluding hydrogens is 584 g/mol. The van der Waals surface area contributed by atoms with Crippen LogP contribution < -0.4 is 0 Å². The Kier molecular flexibility index (Phi) is 13.0. The second kappa shape index (κ2) is 15.0. The van der Waals surface area contributed by atoms with Gasteiger partial charge < -0.3 is 18.9 Å². The molecule has 6 aliphatic carbocycles. The van der Waals surface area contributed by atoms with E-state index in [1.165, 1.54) is 32.6 Å². The predicted molar refractivity (Wildman–Crippen MR) is 179 cm³/mol. The molecule has 0 N–H and O–H groups in total. The lowest BCUT2D eigenvalue weighted by atomic mass is 9.70. The Morgan fingerprint density at radius 1 is 0.826 bits per heavy atom. The molecule has 0 amide bonds. The van der Waals surface area contributed by atoms with Crippen LogP contribution in [0.2, 0.25) is 0 Å². The summed E-state index contributed by atoms with van der Waals surface area (Å²) in [7, 11) is 0. The highest BCUT2D eigenvalue weighted by molar-refractivity contribution is 5.78. The maximum atomic E-state index is 13.1. The van der Waals surface area contributed by atoms with Crippen molar-refractivity contribution in [1.29, 1.82) is 0 Å². The summed E-state index contributed by atoms with van der Waals surface area (Å²) >= 11 is 0. The zero-order valence-corrected chi connectivity index (χ0v) is 26.2. The lowest BCUT2D eigenvalue weighted by Gasteiger charge is -2.38. The van der Waals surface area contributed by atoms with E-state index in [-0.39, 0.29) is 107 Å². The molecule has 6 saturated carbocycles. The summed E-state index contributed by atoms with van der Waals surface area (Å²) in [5.74, 6) is 3.98. The van der Waals surface area contributed by atoms with Crippen LogP contribution in [0.15, 0.2) is 0 Å². The maximum absolute atomic E-state index is 13.1. The van der Waals surface area contributed by atoms with Gasteiger partial charge in [-0.1, -0.05) is 43.6 Å². The van der Waals surface area contributed by atoms with Crippen LogP contribution in [0.3, 0.4) is 0 Å². The molecule has 266 valence electrons. The van der Waals surface area contributed by atoms with Crippen LogP contribution in [0.5, 0.6) is 0 Å². The predicted octanol–water partition coefficient (Wildman–Crippen LogP) is 8.04. The van der Waals surface area contributed by atoms with Gasteiger partial charge in [0.1, 0.15) is 23.9 Å². The van der Waals surface area contributed by atoms with Gasteiger partial charge in [0.05, 0.1) is 17.8 Å². The number of hydrogen-bond acceptors (Lipinski definition) is 8. The molecule has 0 spiro atoms. The molecule has 7 aliphatic rings. The Hall–Kier alpha value is -2.12. The number of rotatable bonds is 7. The summed E-state index contributed by atoms with van der Waals surface area (Å²) in [5.41, 5.74) is -0.328. The fraction of sp³-hybridized carbons (Fsp3) is 0.895. The Morgan fingerprint density at radius 3 is 2.04 bits per heavy atom. The lowest BCUT2D eigenvalue weighted by Crippen LogP contribution is -2.39. The zero-order valence-electron chi connectivity index (χ0n) is 26.2. The van der Waals surface area contributed by atoms with Crippen LogP contribution in [0.1, 0.15) is 129 Å². The minimum atomic E-state index is -0.329. The van der Waals surface area contributed by atoms with Gasteiger partial charge in [-0.15, -0.1) is 0 Å². The SMILES string of the molecule is C.C.C.C.CC(=O)OC(C)(C)C.CCC(CC(C)C(=O)OC1CC2CC1C1C3CCC(C3)C21)C(=O)OC1C2CC3C(=O)OC1C3C2. The average Bonchev–Trinajstić information content (AvgIpc) is 3.73. The highest BCUT2D eigenvalue weighted by Crippen LogP contribution is 2.67. The van der Waals surface area contributed by atoms with Crippen LogP contribution >= 0.6 is 0 Å². The van der Waals surface area contributed by atoms with E-state index in [0.717, 1.165) is 48.9 Å². The highest BCUT2D eigenvalue weighted by atomic mass is 16.6. The molecule has 7 rings (SSSR count). The second-order valence-electron chi connectivity index (χ2n) is 15.6. The normalized spacial score (nSPS) is 39.1. The third-order valence-corrected chi connectivity index (χ3v) is 11.9. The number of hydrogen-bond donors (Lipinski definition) is 0. The summed E-state index contributed by atoms with van der Waals surface area (Å²) < 4.78 is 22.4. The van der Waals surface area contributed by atoms with Gasteiger partial charge in [-0.25, -0.2) is 0 Å². The summed E-state index contributed by atoms with van der Waals surface area (Å²) in [5, 5.41) is 0. The summed E-state index contributed by atoms with van der Waals surface area (Å²) in [6.07, 6.45) is 8.86. The van der Waals surface area contributed by atoms with Crippen LogP contribution in [0.4, 0.5) is 0 Å². The molecule has 0 radical (unpaired) electrons. The monoisotopic (exact) mass is 650 g/mol. The molecule has 46 heavy (non-hydrogen) atoms. The van der Waals surface area contributed by atoms with E-state index >= 15 is 0 Å². The zero-order chi connectivity index (χ0) is 30.1. The fourth-order valence-corrected chi connectivity index (χ4v) is 10.6. The Labute approximate surface area is 279 Å². The molecule has 0 aromatic heterocycles. The highest BCUT2D eigenvalue weighted by Gasteiger charge is 2.64. The average molecular weight is 651 g/mol. The number of carbonyl (C=O) groups excluding carboxylic acids is 4. The molecule has 6 bridgehead atoms. The van der Waals surface area contributed by atoms with Gasteiger partial charge in [0, 0.05) is 18.8 Å². The fourth-order valence-electron chi connectivity index (χ4n) is 10.6. The molecule has 1 heterocycles. The topological polar surface area (TPSA) is 105 Å².